The molecule has 2 aromatic rings. The summed E-state index contributed by atoms with van der Waals surface area (Å²) in [5.74, 6) is 0.733. The third kappa shape index (κ3) is 1.85. The van der Waals surface area contributed by atoms with Gasteiger partial charge in [0.15, 0.2) is 5.82 Å². The van der Waals surface area contributed by atoms with E-state index in [1.165, 1.54) is 0 Å². The average Bonchev–Trinajstić information content (AvgIpc) is 2.70. The topological polar surface area (TPSA) is 69.6 Å². The van der Waals surface area contributed by atoms with E-state index in [1.807, 2.05) is 25.1 Å². The van der Waals surface area contributed by atoms with Crippen molar-refractivity contribution in [3.8, 4) is 11.4 Å². The summed E-state index contributed by atoms with van der Waals surface area (Å²) in [7, 11) is 0. The predicted molar refractivity (Wildman–Crippen MR) is 61.0 cm³/mol. The molecule has 0 spiro atoms. The normalized spacial score (nSPS) is 10.5. The van der Waals surface area contributed by atoms with Crippen LogP contribution in [0.1, 0.15) is 6.92 Å². The molecule has 0 fully saturated rings. The highest BCUT2D eigenvalue weighted by Crippen LogP contribution is 2.25. The number of rotatable bonds is 2. The van der Waals surface area contributed by atoms with E-state index in [0.717, 1.165) is 22.4 Å². The van der Waals surface area contributed by atoms with Gasteiger partial charge in [0, 0.05) is 22.3 Å². The first kappa shape index (κ1) is 10.1. The van der Waals surface area contributed by atoms with Crippen LogP contribution in [0.3, 0.4) is 0 Å². The first-order chi connectivity index (χ1) is 7.22. The summed E-state index contributed by atoms with van der Waals surface area (Å²) in [6.07, 6.45) is 0. The van der Waals surface area contributed by atoms with Gasteiger partial charge in [0.25, 0.3) is 0 Å². The molecule has 2 rings (SSSR count). The fourth-order valence-electron chi connectivity index (χ4n) is 1.31. The third-order valence-corrected chi connectivity index (χ3v) is 2.81. The van der Waals surface area contributed by atoms with Crippen LogP contribution in [-0.2, 0) is 6.54 Å². The van der Waals surface area contributed by atoms with Gasteiger partial charge in [-0.3, -0.25) is 0 Å². The molecule has 0 atom stereocenters. The van der Waals surface area contributed by atoms with Crippen LogP contribution in [0, 0.1) is 0 Å². The van der Waals surface area contributed by atoms with Crippen molar-refractivity contribution in [2.24, 2.45) is 0 Å². The molecule has 78 valence electrons. The Hall–Kier alpha value is -1.43. The maximum absolute atomic E-state index is 5.79. The number of anilines is 1. The van der Waals surface area contributed by atoms with E-state index in [-0.39, 0.29) is 0 Å². The minimum atomic E-state index is 0.679. The monoisotopic (exact) mass is 267 g/mol. The molecule has 5 nitrogen and oxygen atoms in total. The lowest BCUT2D eigenvalue weighted by molar-refractivity contribution is 0.631. The number of tetrazole rings is 1. The van der Waals surface area contributed by atoms with E-state index in [1.54, 1.807) is 4.68 Å². The number of benzene rings is 1. The molecule has 6 heteroatoms. The van der Waals surface area contributed by atoms with E-state index in [0.29, 0.717) is 5.69 Å². The van der Waals surface area contributed by atoms with Crippen molar-refractivity contribution in [1.29, 1.82) is 0 Å². The van der Waals surface area contributed by atoms with Crippen molar-refractivity contribution < 1.29 is 0 Å². The Labute approximate surface area is 95.4 Å². The van der Waals surface area contributed by atoms with Gasteiger partial charge in [-0.2, -0.15) is 0 Å². The standard InChI is InChI=1S/C9H10BrN5/c1-2-15-9(12-13-14-15)6-3-4-7(10)8(11)5-6/h3-5H,2,11H2,1H3. The molecule has 0 saturated carbocycles. The van der Waals surface area contributed by atoms with Gasteiger partial charge in [-0.05, 0) is 51.5 Å². The maximum atomic E-state index is 5.79. The zero-order valence-corrected chi connectivity index (χ0v) is 9.77. The van der Waals surface area contributed by atoms with Crippen LogP contribution < -0.4 is 5.73 Å². The minimum Gasteiger partial charge on any atom is -0.398 e. The lowest BCUT2D eigenvalue weighted by atomic mass is 10.2. The number of aryl methyl sites for hydroxylation is 1. The van der Waals surface area contributed by atoms with Gasteiger partial charge in [0.2, 0.25) is 0 Å². The highest BCUT2D eigenvalue weighted by molar-refractivity contribution is 9.10. The van der Waals surface area contributed by atoms with Crippen LogP contribution in [-0.4, -0.2) is 20.2 Å². The molecule has 0 aliphatic rings. The van der Waals surface area contributed by atoms with Crippen LogP contribution in [0.5, 0.6) is 0 Å². The molecule has 1 heterocycles. The van der Waals surface area contributed by atoms with Crippen molar-refractivity contribution in [3.63, 3.8) is 0 Å². The number of nitrogens with zero attached hydrogens (tertiary/aromatic N) is 4. The Morgan fingerprint density at radius 2 is 2.27 bits per heavy atom. The fraction of sp³-hybridized carbons (Fsp3) is 0.222. The zero-order valence-electron chi connectivity index (χ0n) is 8.18. The van der Waals surface area contributed by atoms with Crippen molar-refractivity contribution in [1.82, 2.24) is 20.2 Å². The quantitative estimate of drug-likeness (QED) is 0.842. The number of nitrogen functional groups attached to an aromatic ring is 1. The first-order valence-corrected chi connectivity index (χ1v) is 5.33. The molecule has 0 saturated heterocycles. The Morgan fingerprint density at radius 1 is 1.47 bits per heavy atom. The van der Waals surface area contributed by atoms with E-state index < -0.39 is 0 Å². The van der Waals surface area contributed by atoms with Crippen molar-refractivity contribution in [3.05, 3.63) is 22.7 Å². The van der Waals surface area contributed by atoms with Gasteiger partial charge in [0.05, 0.1) is 0 Å². The molecule has 15 heavy (non-hydrogen) atoms. The zero-order chi connectivity index (χ0) is 10.8. The van der Waals surface area contributed by atoms with E-state index >= 15 is 0 Å². The third-order valence-electron chi connectivity index (χ3n) is 2.09. The number of nitrogens with two attached hydrogens (primary N) is 1. The molecule has 1 aromatic heterocycles. The number of hydrogen-bond acceptors (Lipinski definition) is 4. The van der Waals surface area contributed by atoms with Gasteiger partial charge in [-0.25, -0.2) is 4.68 Å². The number of halogens is 1. The smallest absolute Gasteiger partial charge is 0.182 e. The number of hydrogen-bond donors (Lipinski definition) is 1. The summed E-state index contributed by atoms with van der Waals surface area (Å²) >= 11 is 3.34. The van der Waals surface area contributed by atoms with Crippen LogP contribution in [0.4, 0.5) is 5.69 Å². The first-order valence-electron chi connectivity index (χ1n) is 4.54. The van der Waals surface area contributed by atoms with Gasteiger partial charge < -0.3 is 5.73 Å². The molecule has 0 amide bonds. The predicted octanol–water partition coefficient (Wildman–Crippen LogP) is 1.70. The summed E-state index contributed by atoms with van der Waals surface area (Å²) in [6.45, 7) is 2.72. The highest BCUT2D eigenvalue weighted by atomic mass is 79.9. The second-order valence-electron chi connectivity index (χ2n) is 3.05. The van der Waals surface area contributed by atoms with E-state index in [4.69, 9.17) is 5.73 Å². The van der Waals surface area contributed by atoms with Gasteiger partial charge in [-0.1, -0.05) is 0 Å². The van der Waals surface area contributed by atoms with Crippen LogP contribution in [0.25, 0.3) is 11.4 Å². The summed E-state index contributed by atoms with van der Waals surface area (Å²) in [6, 6.07) is 5.67. The van der Waals surface area contributed by atoms with E-state index in [2.05, 4.69) is 31.5 Å². The molecule has 2 N–H and O–H groups in total. The maximum Gasteiger partial charge on any atom is 0.182 e. The summed E-state index contributed by atoms with van der Waals surface area (Å²) in [4.78, 5) is 0. The van der Waals surface area contributed by atoms with Crippen LogP contribution in [0.15, 0.2) is 22.7 Å². The molecular formula is C9H10BrN5. The molecule has 0 unspecified atom stereocenters. The molecule has 0 bridgehead atoms. The second kappa shape index (κ2) is 3.98. The number of aromatic nitrogens is 4. The highest BCUT2D eigenvalue weighted by Gasteiger charge is 2.08. The van der Waals surface area contributed by atoms with Crippen LogP contribution >= 0.6 is 15.9 Å². The van der Waals surface area contributed by atoms with Gasteiger partial charge in [-0.15, -0.1) is 5.10 Å². The second-order valence-corrected chi connectivity index (χ2v) is 3.91. The summed E-state index contributed by atoms with van der Waals surface area (Å²) < 4.78 is 2.60. The lowest BCUT2D eigenvalue weighted by Gasteiger charge is -2.03. The fourth-order valence-corrected chi connectivity index (χ4v) is 1.55. The summed E-state index contributed by atoms with van der Waals surface area (Å²) in [5, 5.41) is 11.5. The summed E-state index contributed by atoms with van der Waals surface area (Å²) in [5.41, 5.74) is 7.39. The molecule has 0 radical (unpaired) electrons. The Bertz CT molecular complexity index is 479. The lowest BCUT2D eigenvalue weighted by Crippen LogP contribution is -2.00. The molecule has 0 aliphatic heterocycles. The molecule has 1 aromatic carbocycles. The minimum absolute atomic E-state index is 0.679. The SMILES string of the molecule is CCn1nnnc1-c1ccc(Br)c(N)c1. The van der Waals surface area contributed by atoms with Gasteiger partial charge in [0.1, 0.15) is 0 Å². The van der Waals surface area contributed by atoms with E-state index in [9.17, 15) is 0 Å². The Morgan fingerprint density at radius 3 is 2.93 bits per heavy atom. The molecular weight excluding hydrogens is 258 g/mol. The largest absolute Gasteiger partial charge is 0.398 e. The van der Waals surface area contributed by atoms with Crippen molar-refractivity contribution in [2.45, 2.75) is 13.5 Å². The van der Waals surface area contributed by atoms with Crippen LogP contribution in [0.2, 0.25) is 0 Å². The van der Waals surface area contributed by atoms with Crippen molar-refractivity contribution in [2.75, 3.05) is 5.73 Å². The Kier molecular flexibility index (Phi) is 2.68. The van der Waals surface area contributed by atoms with Crippen molar-refractivity contribution >= 4 is 21.6 Å². The molecule has 0 aliphatic carbocycles. The Balaban J connectivity index is 2.50. The average molecular weight is 268 g/mol. The van der Waals surface area contributed by atoms with Gasteiger partial charge >= 0.3 is 0 Å².